The van der Waals surface area contributed by atoms with Crippen LogP contribution < -0.4 is 5.32 Å². The molecule has 0 bridgehead atoms. The topological polar surface area (TPSA) is 51.2 Å². The molecule has 1 aliphatic rings. The van der Waals surface area contributed by atoms with E-state index in [9.17, 15) is 4.79 Å². The molecule has 4 nitrogen and oxygen atoms in total. The number of methoxy groups -OCH3 is 1. The number of carbonyl (C=O) groups is 1. The van der Waals surface area contributed by atoms with Crippen molar-refractivity contribution < 1.29 is 9.53 Å². The third kappa shape index (κ3) is 3.31. The van der Waals surface area contributed by atoms with Crippen molar-refractivity contribution in [2.24, 2.45) is 5.92 Å². The summed E-state index contributed by atoms with van der Waals surface area (Å²) in [5.74, 6) is 0.407. The molecule has 0 aliphatic heterocycles. The number of rotatable bonds is 6. The fourth-order valence-electron chi connectivity index (χ4n) is 2.45. The molecule has 3 rings (SSSR count). The van der Waals surface area contributed by atoms with Crippen LogP contribution in [0.3, 0.4) is 0 Å². The second-order valence-corrected chi connectivity index (χ2v) is 6.15. The molecule has 2 atom stereocenters. The molecule has 21 heavy (non-hydrogen) atoms. The second-order valence-electron chi connectivity index (χ2n) is 5.22. The standard InChI is InChI=1S/C16H18N2O2S/c1-20-14(12-5-3-2-4-6-12)15(19)18-13(11-7-8-11)16-17-9-10-21-16/h2-6,9-11,13-14H,7-8H2,1H3,(H,18,19)/t13-,14+/m1/s1. The molecule has 0 radical (unpaired) electrons. The molecule has 1 saturated carbocycles. The van der Waals surface area contributed by atoms with E-state index in [0.717, 1.165) is 23.4 Å². The minimum Gasteiger partial charge on any atom is -0.367 e. The summed E-state index contributed by atoms with van der Waals surface area (Å²) >= 11 is 1.59. The summed E-state index contributed by atoms with van der Waals surface area (Å²) in [6.45, 7) is 0. The highest BCUT2D eigenvalue weighted by molar-refractivity contribution is 7.09. The van der Waals surface area contributed by atoms with E-state index >= 15 is 0 Å². The van der Waals surface area contributed by atoms with Crippen molar-refractivity contribution in [2.45, 2.75) is 25.0 Å². The van der Waals surface area contributed by atoms with E-state index in [-0.39, 0.29) is 11.9 Å². The fraction of sp³-hybridized carbons (Fsp3) is 0.375. The van der Waals surface area contributed by atoms with Crippen LogP contribution in [0.15, 0.2) is 41.9 Å². The molecule has 2 aromatic rings. The Morgan fingerprint density at radius 2 is 2.14 bits per heavy atom. The minimum atomic E-state index is -0.576. The van der Waals surface area contributed by atoms with E-state index in [1.165, 1.54) is 0 Å². The van der Waals surface area contributed by atoms with Crippen LogP contribution in [0, 0.1) is 5.92 Å². The molecule has 0 unspecified atom stereocenters. The SMILES string of the molecule is CO[C@H](C(=O)N[C@@H](c1nccs1)C1CC1)c1ccccc1. The van der Waals surface area contributed by atoms with Gasteiger partial charge in [-0.1, -0.05) is 30.3 Å². The van der Waals surface area contributed by atoms with Gasteiger partial charge >= 0.3 is 0 Å². The molecule has 1 aromatic heterocycles. The van der Waals surface area contributed by atoms with Gasteiger partial charge in [-0.2, -0.15) is 0 Å². The van der Waals surface area contributed by atoms with Crippen molar-refractivity contribution in [3.05, 3.63) is 52.5 Å². The van der Waals surface area contributed by atoms with Gasteiger partial charge in [-0.05, 0) is 24.3 Å². The largest absolute Gasteiger partial charge is 0.367 e. The van der Waals surface area contributed by atoms with Gasteiger partial charge < -0.3 is 10.1 Å². The predicted octanol–water partition coefficient (Wildman–Crippen LogP) is 3.10. The number of nitrogens with zero attached hydrogens (tertiary/aromatic N) is 1. The number of benzene rings is 1. The summed E-state index contributed by atoms with van der Waals surface area (Å²) < 4.78 is 5.39. The van der Waals surface area contributed by atoms with E-state index in [0.29, 0.717) is 5.92 Å². The van der Waals surface area contributed by atoms with Crippen molar-refractivity contribution >= 4 is 17.2 Å². The number of amides is 1. The average molecular weight is 302 g/mol. The molecule has 0 saturated heterocycles. The first-order chi connectivity index (χ1) is 10.3. The molecule has 1 aromatic carbocycles. The summed E-state index contributed by atoms with van der Waals surface area (Å²) in [4.78, 5) is 16.9. The van der Waals surface area contributed by atoms with Gasteiger partial charge in [0, 0.05) is 18.7 Å². The predicted molar refractivity (Wildman–Crippen MR) is 81.9 cm³/mol. The highest BCUT2D eigenvalue weighted by Gasteiger charge is 2.36. The first-order valence-electron chi connectivity index (χ1n) is 7.07. The van der Waals surface area contributed by atoms with Crippen molar-refractivity contribution in [3.8, 4) is 0 Å². The first kappa shape index (κ1) is 14.2. The Balaban J connectivity index is 1.74. The van der Waals surface area contributed by atoms with Crippen LogP contribution in [0.25, 0.3) is 0 Å². The zero-order valence-electron chi connectivity index (χ0n) is 11.9. The van der Waals surface area contributed by atoms with E-state index in [1.54, 1.807) is 24.6 Å². The molecular formula is C16H18N2O2S. The molecule has 1 amide bonds. The summed E-state index contributed by atoms with van der Waals surface area (Å²) in [7, 11) is 1.56. The molecular weight excluding hydrogens is 284 g/mol. The molecule has 0 spiro atoms. The van der Waals surface area contributed by atoms with Crippen LogP contribution in [-0.2, 0) is 9.53 Å². The molecule has 110 valence electrons. The molecule has 5 heteroatoms. The van der Waals surface area contributed by atoms with Gasteiger partial charge in [-0.25, -0.2) is 4.98 Å². The first-order valence-corrected chi connectivity index (χ1v) is 7.95. The lowest BCUT2D eigenvalue weighted by atomic mass is 10.1. The zero-order chi connectivity index (χ0) is 14.7. The number of ether oxygens (including phenoxy) is 1. The number of aromatic nitrogens is 1. The number of thiazole rings is 1. The maximum absolute atomic E-state index is 12.6. The van der Waals surface area contributed by atoms with Crippen LogP contribution in [0.5, 0.6) is 0 Å². The Morgan fingerprint density at radius 1 is 1.38 bits per heavy atom. The van der Waals surface area contributed by atoms with E-state index < -0.39 is 6.10 Å². The maximum atomic E-state index is 12.6. The highest BCUT2D eigenvalue weighted by Crippen LogP contribution is 2.41. The Morgan fingerprint density at radius 3 is 2.71 bits per heavy atom. The van der Waals surface area contributed by atoms with Gasteiger partial charge in [-0.3, -0.25) is 4.79 Å². The summed E-state index contributed by atoms with van der Waals surface area (Å²) in [6, 6.07) is 9.57. The van der Waals surface area contributed by atoms with Gasteiger partial charge in [0.1, 0.15) is 5.01 Å². The van der Waals surface area contributed by atoms with Crippen LogP contribution in [0.2, 0.25) is 0 Å². The minimum absolute atomic E-state index is 0.0128. The second kappa shape index (κ2) is 6.37. The number of hydrogen-bond acceptors (Lipinski definition) is 4. The van der Waals surface area contributed by atoms with E-state index in [2.05, 4.69) is 10.3 Å². The summed E-state index contributed by atoms with van der Waals surface area (Å²) in [6.07, 6.45) is 3.50. The van der Waals surface area contributed by atoms with Gasteiger partial charge in [0.25, 0.3) is 5.91 Å². The summed E-state index contributed by atoms with van der Waals surface area (Å²) in [5.41, 5.74) is 0.867. The lowest BCUT2D eigenvalue weighted by molar-refractivity contribution is -0.132. The molecule has 1 N–H and O–H groups in total. The zero-order valence-corrected chi connectivity index (χ0v) is 12.7. The quantitative estimate of drug-likeness (QED) is 0.892. The van der Waals surface area contributed by atoms with Gasteiger partial charge in [0.15, 0.2) is 6.10 Å². The molecule has 1 fully saturated rings. The van der Waals surface area contributed by atoms with Crippen molar-refractivity contribution in [1.29, 1.82) is 0 Å². The Bertz CT molecular complexity index is 582. The number of hydrogen-bond donors (Lipinski definition) is 1. The van der Waals surface area contributed by atoms with Crippen molar-refractivity contribution in [1.82, 2.24) is 10.3 Å². The van der Waals surface area contributed by atoms with Gasteiger partial charge in [0.05, 0.1) is 6.04 Å². The normalized spacial score (nSPS) is 17.2. The highest BCUT2D eigenvalue weighted by atomic mass is 32.1. The van der Waals surface area contributed by atoms with E-state index in [1.807, 2.05) is 35.7 Å². The molecule has 1 aliphatic carbocycles. The van der Waals surface area contributed by atoms with E-state index in [4.69, 9.17) is 4.74 Å². The fourth-order valence-corrected chi connectivity index (χ4v) is 3.23. The third-order valence-corrected chi connectivity index (χ3v) is 4.54. The van der Waals surface area contributed by atoms with Crippen molar-refractivity contribution in [2.75, 3.05) is 7.11 Å². The number of nitrogens with one attached hydrogen (secondary N) is 1. The third-order valence-electron chi connectivity index (χ3n) is 3.68. The lowest BCUT2D eigenvalue weighted by Crippen LogP contribution is -2.34. The Labute approximate surface area is 128 Å². The maximum Gasteiger partial charge on any atom is 0.254 e. The van der Waals surface area contributed by atoms with Crippen LogP contribution in [-0.4, -0.2) is 18.0 Å². The monoisotopic (exact) mass is 302 g/mol. The Hall–Kier alpha value is -1.72. The van der Waals surface area contributed by atoms with Gasteiger partial charge in [0.2, 0.25) is 0 Å². The smallest absolute Gasteiger partial charge is 0.254 e. The molecule has 1 heterocycles. The number of carbonyl (C=O) groups excluding carboxylic acids is 1. The van der Waals surface area contributed by atoms with Crippen LogP contribution in [0.4, 0.5) is 0 Å². The Kier molecular flexibility index (Phi) is 4.31. The van der Waals surface area contributed by atoms with Crippen LogP contribution in [0.1, 0.15) is 35.6 Å². The van der Waals surface area contributed by atoms with Crippen LogP contribution >= 0.6 is 11.3 Å². The summed E-state index contributed by atoms with van der Waals surface area (Å²) in [5, 5.41) is 6.04. The van der Waals surface area contributed by atoms with Crippen molar-refractivity contribution in [3.63, 3.8) is 0 Å². The average Bonchev–Trinajstić information content (AvgIpc) is 3.21. The lowest BCUT2D eigenvalue weighted by Gasteiger charge is -2.20. The van der Waals surface area contributed by atoms with Gasteiger partial charge in [-0.15, -0.1) is 11.3 Å².